The molecule has 1 amide bonds. The van der Waals surface area contributed by atoms with Crippen LogP contribution in [0.1, 0.15) is 33.6 Å². The van der Waals surface area contributed by atoms with E-state index in [2.05, 4.69) is 0 Å². The lowest BCUT2D eigenvalue weighted by atomic mass is 9.81. The first-order chi connectivity index (χ1) is 9.67. The summed E-state index contributed by atoms with van der Waals surface area (Å²) in [5.41, 5.74) is 0.193. The second-order valence-electron chi connectivity index (χ2n) is 6.48. The van der Waals surface area contributed by atoms with Crippen molar-refractivity contribution < 1.29 is 24.5 Å². The van der Waals surface area contributed by atoms with Crippen LogP contribution in [-0.2, 0) is 9.53 Å². The summed E-state index contributed by atoms with van der Waals surface area (Å²) in [5.74, 6) is -0.807. The van der Waals surface area contributed by atoms with Gasteiger partial charge in [-0.25, -0.2) is 9.59 Å². The number of fused-ring (bicyclic) bond motifs is 1. The molecule has 1 heterocycles. The van der Waals surface area contributed by atoms with Crippen molar-refractivity contribution in [1.29, 1.82) is 0 Å². The second-order valence-corrected chi connectivity index (χ2v) is 6.48. The Morgan fingerprint density at radius 1 is 1.38 bits per heavy atom. The Morgan fingerprint density at radius 3 is 2.62 bits per heavy atom. The maximum absolute atomic E-state index is 12.2. The van der Waals surface area contributed by atoms with Crippen LogP contribution in [0.25, 0.3) is 0 Å². The highest BCUT2D eigenvalue weighted by Crippen LogP contribution is 2.34. The van der Waals surface area contributed by atoms with Crippen LogP contribution in [0, 0.1) is 5.92 Å². The van der Waals surface area contributed by atoms with Gasteiger partial charge in [0, 0.05) is 6.54 Å². The standard InChI is InChI=1S/C15H21NO5/c1-15(2,3)21-14(20)16-8-10-6-11(17)5-4-9(10)7-12(16)13(18)19/h5-6,9,12,17H,4,7-8H2,1-3H3,(H,18,19). The lowest BCUT2D eigenvalue weighted by molar-refractivity contribution is -0.144. The van der Waals surface area contributed by atoms with Crippen LogP contribution in [0.3, 0.4) is 0 Å². The number of aliphatic carboxylic acids is 1. The number of hydrogen-bond donors (Lipinski definition) is 2. The van der Waals surface area contributed by atoms with E-state index in [1.165, 1.54) is 4.90 Å². The van der Waals surface area contributed by atoms with E-state index in [9.17, 15) is 19.8 Å². The number of nitrogens with zero attached hydrogens (tertiary/aromatic N) is 1. The van der Waals surface area contributed by atoms with Crippen LogP contribution in [0.2, 0.25) is 0 Å². The number of hydrogen-bond acceptors (Lipinski definition) is 4. The summed E-state index contributed by atoms with van der Waals surface area (Å²) in [7, 11) is 0. The van der Waals surface area contributed by atoms with E-state index in [0.29, 0.717) is 12.8 Å². The van der Waals surface area contributed by atoms with Crippen LogP contribution in [0.15, 0.2) is 23.5 Å². The molecule has 0 aromatic rings. The zero-order chi connectivity index (χ0) is 15.8. The monoisotopic (exact) mass is 295 g/mol. The molecule has 0 aromatic heterocycles. The van der Waals surface area contributed by atoms with Crippen molar-refractivity contribution in [3.8, 4) is 0 Å². The first-order valence-corrected chi connectivity index (χ1v) is 6.99. The maximum atomic E-state index is 12.2. The molecule has 0 bridgehead atoms. The van der Waals surface area contributed by atoms with Crippen molar-refractivity contribution in [2.75, 3.05) is 6.54 Å². The third kappa shape index (κ3) is 3.56. The first-order valence-electron chi connectivity index (χ1n) is 6.99. The Hall–Kier alpha value is -1.98. The molecule has 2 N–H and O–H groups in total. The minimum Gasteiger partial charge on any atom is -0.508 e. The Labute approximate surface area is 123 Å². The molecule has 1 saturated heterocycles. The van der Waals surface area contributed by atoms with Crippen LogP contribution in [0.4, 0.5) is 4.79 Å². The number of allylic oxidation sites excluding steroid dienone is 2. The number of aliphatic hydroxyl groups excluding tert-OH is 1. The van der Waals surface area contributed by atoms with E-state index in [1.807, 2.05) is 0 Å². The summed E-state index contributed by atoms with van der Waals surface area (Å²) in [6.45, 7) is 5.39. The van der Waals surface area contributed by atoms with Crippen molar-refractivity contribution in [2.45, 2.75) is 45.3 Å². The van der Waals surface area contributed by atoms with Crippen LogP contribution in [-0.4, -0.2) is 45.4 Å². The number of carboxylic acids is 1. The second kappa shape index (κ2) is 5.42. The van der Waals surface area contributed by atoms with E-state index >= 15 is 0 Å². The van der Waals surface area contributed by atoms with Crippen LogP contribution < -0.4 is 0 Å². The molecule has 1 fully saturated rings. The Morgan fingerprint density at radius 2 is 2.05 bits per heavy atom. The molecule has 2 atom stereocenters. The molecule has 6 nitrogen and oxygen atoms in total. The van der Waals surface area contributed by atoms with Gasteiger partial charge < -0.3 is 14.9 Å². The Kier molecular flexibility index (Phi) is 3.98. The van der Waals surface area contributed by atoms with Gasteiger partial charge in [-0.05, 0) is 57.3 Å². The quantitative estimate of drug-likeness (QED) is 0.776. The Bertz CT molecular complexity index is 515. The van der Waals surface area contributed by atoms with Crippen molar-refractivity contribution in [3.63, 3.8) is 0 Å². The molecule has 2 aliphatic rings. The van der Waals surface area contributed by atoms with E-state index in [-0.39, 0.29) is 18.2 Å². The van der Waals surface area contributed by atoms with Gasteiger partial charge in [0.2, 0.25) is 0 Å². The SMILES string of the molecule is CC(C)(C)OC(=O)N1CC2=CC(O)=CCC2CC1C(=O)O. The van der Waals surface area contributed by atoms with E-state index in [1.54, 1.807) is 32.9 Å². The number of amides is 1. The fourth-order valence-corrected chi connectivity index (χ4v) is 2.65. The van der Waals surface area contributed by atoms with Crippen molar-refractivity contribution >= 4 is 12.1 Å². The van der Waals surface area contributed by atoms with Gasteiger partial charge in [0.1, 0.15) is 17.4 Å². The molecular weight excluding hydrogens is 274 g/mol. The molecular formula is C15H21NO5. The number of carboxylic acid groups (broad SMARTS) is 1. The lowest BCUT2D eigenvalue weighted by Crippen LogP contribution is -2.52. The van der Waals surface area contributed by atoms with Gasteiger partial charge in [-0.2, -0.15) is 0 Å². The van der Waals surface area contributed by atoms with E-state index < -0.39 is 23.7 Å². The van der Waals surface area contributed by atoms with Crippen molar-refractivity contribution in [3.05, 3.63) is 23.5 Å². The van der Waals surface area contributed by atoms with Gasteiger partial charge in [0.15, 0.2) is 0 Å². The fraction of sp³-hybridized carbons (Fsp3) is 0.600. The number of likely N-dealkylation sites (tertiary alicyclic amines) is 1. The zero-order valence-electron chi connectivity index (χ0n) is 12.5. The minimum atomic E-state index is -1.03. The average Bonchev–Trinajstić information content (AvgIpc) is 2.34. The predicted molar refractivity (Wildman–Crippen MR) is 75.9 cm³/mol. The number of ether oxygens (including phenoxy) is 1. The number of rotatable bonds is 1. The molecule has 2 rings (SSSR count). The van der Waals surface area contributed by atoms with Gasteiger partial charge in [-0.15, -0.1) is 0 Å². The van der Waals surface area contributed by atoms with Gasteiger partial charge in [0.25, 0.3) is 0 Å². The van der Waals surface area contributed by atoms with Crippen LogP contribution in [0.5, 0.6) is 0 Å². The van der Waals surface area contributed by atoms with Gasteiger partial charge in [-0.1, -0.05) is 0 Å². The summed E-state index contributed by atoms with van der Waals surface area (Å²) < 4.78 is 5.28. The molecule has 116 valence electrons. The molecule has 0 saturated carbocycles. The number of carbonyl (C=O) groups excluding carboxylic acids is 1. The number of piperidine rings is 1. The predicted octanol–water partition coefficient (Wildman–Crippen LogP) is 2.47. The van der Waals surface area contributed by atoms with Crippen LogP contribution >= 0.6 is 0 Å². The third-order valence-corrected chi connectivity index (χ3v) is 3.62. The average molecular weight is 295 g/mol. The topological polar surface area (TPSA) is 87.1 Å². The summed E-state index contributed by atoms with van der Waals surface area (Å²) in [6.07, 6.45) is 3.59. The molecule has 6 heteroatoms. The molecule has 0 radical (unpaired) electrons. The summed E-state index contributed by atoms with van der Waals surface area (Å²) in [6, 6.07) is -0.893. The highest BCUT2D eigenvalue weighted by atomic mass is 16.6. The number of aliphatic hydroxyl groups is 1. The fourth-order valence-electron chi connectivity index (χ4n) is 2.65. The summed E-state index contributed by atoms with van der Waals surface area (Å²) in [4.78, 5) is 24.9. The number of carbonyl (C=O) groups is 2. The lowest BCUT2D eigenvalue weighted by Gasteiger charge is -2.40. The highest BCUT2D eigenvalue weighted by molar-refractivity contribution is 5.81. The highest BCUT2D eigenvalue weighted by Gasteiger charge is 2.40. The Balaban J connectivity index is 2.22. The minimum absolute atomic E-state index is 0.0562. The zero-order valence-corrected chi connectivity index (χ0v) is 12.5. The van der Waals surface area contributed by atoms with Gasteiger partial charge in [-0.3, -0.25) is 4.90 Å². The molecule has 0 spiro atoms. The molecule has 1 aliphatic heterocycles. The van der Waals surface area contributed by atoms with Gasteiger partial charge >= 0.3 is 12.1 Å². The molecule has 21 heavy (non-hydrogen) atoms. The molecule has 0 aromatic carbocycles. The third-order valence-electron chi connectivity index (χ3n) is 3.62. The van der Waals surface area contributed by atoms with Crippen molar-refractivity contribution in [2.24, 2.45) is 5.92 Å². The smallest absolute Gasteiger partial charge is 0.411 e. The summed E-state index contributed by atoms with van der Waals surface area (Å²) in [5, 5.41) is 18.9. The summed E-state index contributed by atoms with van der Waals surface area (Å²) >= 11 is 0. The van der Waals surface area contributed by atoms with E-state index in [4.69, 9.17) is 4.74 Å². The molecule has 1 aliphatic carbocycles. The normalized spacial score (nSPS) is 25.6. The van der Waals surface area contributed by atoms with Gasteiger partial charge in [0.05, 0.1) is 0 Å². The largest absolute Gasteiger partial charge is 0.508 e. The molecule has 2 unspecified atom stereocenters. The van der Waals surface area contributed by atoms with Crippen molar-refractivity contribution in [1.82, 2.24) is 4.90 Å². The maximum Gasteiger partial charge on any atom is 0.411 e. The first kappa shape index (κ1) is 15.4. The van der Waals surface area contributed by atoms with E-state index in [0.717, 1.165) is 5.57 Å².